The lowest BCUT2D eigenvalue weighted by Gasteiger charge is -2.07. The van der Waals surface area contributed by atoms with Gasteiger partial charge in [0.1, 0.15) is 0 Å². The number of allylic oxidation sites excluding steroid dienone is 2. The second-order valence-electron chi connectivity index (χ2n) is 2.52. The fraction of sp³-hybridized carbons (Fsp3) is 0.300. The lowest BCUT2D eigenvalue weighted by molar-refractivity contribution is -0.142. The summed E-state index contributed by atoms with van der Waals surface area (Å²) in [7, 11) is 0. The molecule has 0 aliphatic rings. The van der Waals surface area contributed by atoms with E-state index in [2.05, 4.69) is 13.2 Å². The zero-order valence-electron chi connectivity index (χ0n) is 7.54. The number of rotatable bonds is 4. The molecule has 0 atom stereocenters. The third-order valence-corrected chi connectivity index (χ3v) is 1.10. The van der Waals surface area contributed by atoms with Crippen LogP contribution in [0.1, 0.15) is 13.8 Å². The van der Waals surface area contributed by atoms with Crippen LogP contribution in [0.25, 0.3) is 0 Å². The zero-order chi connectivity index (χ0) is 9.56. The van der Waals surface area contributed by atoms with Gasteiger partial charge >= 0.3 is 5.97 Å². The molecule has 0 rings (SSSR count). The van der Waals surface area contributed by atoms with Gasteiger partial charge in [0, 0.05) is 0 Å². The van der Waals surface area contributed by atoms with Crippen molar-refractivity contribution < 1.29 is 9.53 Å². The number of ether oxygens (including phenoxy) is 1. The summed E-state index contributed by atoms with van der Waals surface area (Å²) in [5.41, 5.74) is 0.429. The topological polar surface area (TPSA) is 26.3 Å². The zero-order valence-corrected chi connectivity index (χ0v) is 7.54. The van der Waals surface area contributed by atoms with Gasteiger partial charge in [-0.05, 0) is 19.9 Å². The van der Waals surface area contributed by atoms with Gasteiger partial charge in [-0.3, -0.25) is 0 Å². The Morgan fingerprint density at radius 2 is 2.00 bits per heavy atom. The third kappa shape index (κ3) is 3.76. The van der Waals surface area contributed by atoms with E-state index in [9.17, 15) is 4.79 Å². The summed E-state index contributed by atoms with van der Waals surface area (Å²) in [5.74, 6) is -0.361. The minimum Gasteiger partial charge on any atom is -0.459 e. The van der Waals surface area contributed by atoms with E-state index in [1.165, 1.54) is 12.2 Å². The molecule has 0 fully saturated rings. The molecule has 0 aromatic carbocycles. The van der Waals surface area contributed by atoms with Gasteiger partial charge in [-0.15, -0.1) is 0 Å². The Kier molecular flexibility index (Phi) is 4.77. The first-order valence-corrected chi connectivity index (χ1v) is 3.78. The highest BCUT2D eigenvalue weighted by atomic mass is 16.5. The standard InChI is InChI=1S/C10H14O2/c1-5-7-9(6-2)10(11)12-8(3)4/h5-8H,1-2H2,3-4H3/b9-7+. The van der Waals surface area contributed by atoms with Crippen LogP contribution in [0.15, 0.2) is 37.0 Å². The summed E-state index contributed by atoms with van der Waals surface area (Å²) in [6.45, 7) is 10.6. The summed E-state index contributed by atoms with van der Waals surface area (Å²) in [6.07, 6.45) is 4.44. The van der Waals surface area contributed by atoms with Crippen molar-refractivity contribution in [2.24, 2.45) is 0 Å². The van der Waals surface area contributed by atoms with E-state index < -0.39 is 0 Å². The van der Waals surface area contributed by atoms with Crippen LogP contribution in [0, 0.1) is 0 Å². The molecule has 0 aromatic heterocycles. The molecule has 0 saturated heterocycles. The molecule has 0 radical (unpaired) electrons. The number of carbonyl (C=O) groups excluding carboxylic acids is 1. The fourth-order valence-corrected chi connectivity index (χ4v) is 0.629. The van der Waals surface area contributed by atoms with Crippen LogP contribution < -0.4 is 0 Å². The molecule has 0 saturated carbocycles. The molecule has 0 aliphatic carbocycles. The van der Waals surface area contributed by atoms with Gasteiger partial charge in [0.15, 0.2) is 0 Å². The van der Waals surface area contributed by atoms with Crippen molar-refractivity contribution in [3.63, 3.8) is 0 Å². The third-order valence-electron chi connectivity index (χ3n) is 1.10. The van der Waals surface area contributed by atoms with Crippen molar-refractivity contribution in [2.75, 3.05) is 0 Å². The normalized spacial score (nSPS) is 11.1. The molecule has 0 spiro atoms. The van der Waals surface area contributed by atoms with Crippen LogP contribution >= 0.6 is 0 Å². The lowest BCUT2D eigenvalue weighted by Crippen LogP contribution is -2.12. The van der Waals surface area contributed by atoms with Gasteiger partial charge in [0.05, 0.1) is 11.7 Å². The van der Waals surface area contributed by atoms with Crippen LogP contribution in [0.5, 0.6) is 0 Å². The Morgan fingerprint density at radius 3 is 2.33 bits per heavy atom. The first-order valence-electron chi connectivity index (χ1n) is 3.78. The van der Waals surface area contributed by atoms with Crippen molar-refractivity contribution in [3.8, 4) is 0 Å². The smallest absolute Gasteiger partial charge is 0.338 e. The molecular weight excluding hydrogens is 152 g/mol. The summed E-state index contributed by atoms with van der Waals surface area (Å²) in [6, 6.07) is 0. The van der Waals surface area contributed by atoms with Crippen molar-refractivity contribution in [1.82, 2.24) is 0 Å². The van der Waals surface area contributed by atoms with Crippen molar-refractivity contribution >= 4 is 5.97 Å². The summed E-state index contributed by atoms with van der Waals surface area (Å²) in [5, 5.41) is 0. The highest BCUT2D eigenvalue weighted by molar-refractivity contribution is 5.91. The average Bonchev–Trinajstić information content (AvgIpc) is 1.98. The maximum atomic E-state index is 11.2. The van der Waals surface area contributed by atoms with E-state index in [0.29, 0.717) is 5.57 Å². The molecule has 2 heteroatoms. The van der Waals surface area contributed by atoms with E-state index >= 15 is 0 Å². The number of hydrogen-bond acceptors (Lipinski definition) is 2. The van der Waals surface area contributed by atoms with E-state index in [-0.39, 0.29) is 12.1 Å². The van der Waals surface area contributed by atoms with E-state index in [1.807, 2.05) is 0 Å². The predicted molar refractivity (Wildman–Crippen MR) is 49.7 cm³/mol. The maximum absolute atomic E-state index is 11.2. The summed E-state index contributed by atoms with van der Waals surface area (Å²) < 4.78 is 4.93. The maximum Gasteiger partial charge on any atom is 0.338 e. The highest BCUT2D eigenvalue weighted by Gasteiger charge is 2.07. The molecule has 0 unspecified atom stereocenters. The van der Waals surface area contributed by atoms with Gasteiger partial charge < -0.3 is 4.74 Å². The van der Waals surface area contributed by atoms with E-state index in [4.69, 9.17) is 4.74 Å². The number of esters is 1. The molecule has 0 aliphatic heterocycles. The quantitative estimate of drug-likeness (QED) is 0.363. The van der Waals surface area contributed by atoms with E-state index in [0.717, 1.165) is 0 Å². The molecule has 0 heterocycles. The van der Waals surface area contributed by atoms with Crippen LogP contribution in [0.4, 0.5) is 0 Å². The summed E-state index contributed by atoms with van der Waals surface area (Å²) >= 11 is 0. The second kappa shape index (κ2) is 5.35. The van der Waals surface area contributed by atoms with Gasteiger partial charge in [-0.1, -0.05) is 25.3 Å². The molecule has 0 N–H and O–H groups in total. The van der Waals surface area contributed by atoms with Gasteiger partial charge in [-0.25, -0.2) is 4.79 Å². The monoisotopic (exact) mass is 166 g/mol. The molecule has 66 valence electrons. The lowest BCUT2D eigenvalue weighted by atomic mass is 10.2. The molecule has 2 nitrogen and oxygen atoms in total. The highest BCUT2D eigenvalue weighted by Crippen LogP contribution is 2.02. The predicted octanol–water partition coefficient (Wildman–Crippen LogP) is 2.24. The Balaban J connectivity index is 4.32. The minimum atomic E-state index is -0.361. The Bertz CT molecular complexity index is 212. The van der Waals surface area contributed by atoms with Crippen molar-refractivity contribution in [1.29, 1.82) is 0 Å². The fourth-order valence-electron chi connectivity index (χ4n) is 0.629. The van der Waals surface area contributed by atoms with Crippen LogP contribution in [-0.4, -0.2) is 12.1 Å². The van der Waals surface area contributed by atoms with E-state index in [1.54, 1.807) is 19.9 Å². The Hall–Kier alpha value is -1.31. The molecule has 0 amide bonds. The first kappa shape index (κ1) is 10.7. The van der Waals surface area contributed by atoms with Gasteiger partial charge in [0.2, 0.25) is 0 Å². The summed E-state index contributed by atoms with van der Waals surface area (Å²) in [4.78, 5) is 11.2. The molecular formula is C10H14O2. The Labute approximate surface area is 73.2 Å². The van der Waals surface area contributed by atoms with Crippen LogP contribution in [-0.2, 0) is 9.53 Å². The van der Waals surface area contributed by atoms with Crippen LogP contribution in [0.3, 0.4) is 0 Å². The SMILES string of the molecule is C=C/C=C(\C=C)C(=O)OC(C)C. The number of carbonyl (C=O) groups is 1. The average molecular weight is 166 g/mol. The molecule has 12 heavy (non-hydrogen) atoms. The largest absolute Gasteiger partial charge is 0.459 e. The van der Waals surface area contributed by atoms with Crippen LogP contribution in [0.2, 0.25) is 0 Å². The van der Waals surface area contributed by atoms with Crippen molar-refractivity contribution in [2.45, 2.75) is 20.0 Å². The minimum absolute atomic E-state index is 0.106. The second-order valence-corrected chi connectivity index (χ2v) is 2.52. The number of hydrogen-bond donors (Lipinski definition) is 0. The van der Waals surface area contributed by atoms with Gasteiger partial charge in [-0.2, -0.15) is 0 Å². The van der Waals surface area contributed by atoms with Gasteiger partial charge in [0.25, 0.3) is 0 Å². The molecule has 0 bridgehead atoms. The Morgan fingerprint density at radius 1 is 1.42 bits per heavy atom. The molecule has 0 aromatic rings. The van der Waals surface area contributed by atoms with Crippen molar-refractivity contribution in [3.05, 3.63) is 37.0 Å². The first-order chi connectivity index (χ1) is 5.61.